The molecule has 1 amide bonds. The van der Waals surface area contributed by atoms with Crippen molar-refractivity contribution < 1.29 is 14.3 Å². The lowest BCUT2D eigenvalue weighted by Crippen LogP contribution is -2.39. The number of halogens is 1. The van der Waals surface area contributed by atoms with Crippen LogP contribution < -0.4 is 5.32 Å². The van der Waals surface area contributed by atoms with Gasteiger partial charge in [-0.2, -0.15) is 0 Å². The van der Waals surface area contributed by atoms with E-state index in [-0.39, 0.29) is 12.2 Å². The van der Waals surface area contributed by atoms with Crippen molar-refractivity contribution in [3.8, 4) is 0 Å². The summed E-state index contributed by atoms with van der Waals surface area (Å²) >= 11 is 5.82. The van der Waals surface area contributed by atoms with E-state index in [9.17, 15) is 9.90 Å². The normalized spacial score (nSPS) is 13.8. The molecule has 5 nitrogen and oxygen atoms in total. The quantitative estimate of drug-likeness (QED) is 0.910. The Balaban J connectivity index is 2.08. The van der Waals surface area contributed by atoms with E-state index in [1.54, 1.807) is 32.9 Å². The number of pyridine rings is 1. The van der Waals surface area contributed by atoms with Crippen molar-refractivity contribution in [3.05, 3.63) is 52.2 Å². The lowest BCUT2D eigenvalue weighted by atomic mass is 9.96. The highest BCUT2D eigenvalue weighted by atomic mass is 35.5. The third kappa shape index (κ3) is 3.62. The summed E-state index contributed by atoms with van der Waals surface area (Å²) in [6.45, 7) is 5.24. The minimum atomic E-state index is -1.23. The molecule has 2 rings (SSSR count). The molecule has 0 spiro atoms. The minimum Gasteiger partial charge on any atom is -0.466 e. The number of aryl methyl sites for hydroxylation is 2. The zero-order valence-electron chi connectivity index (χ0n) is 12.1. The van der Waals surface area contributed by atoms with Crippen molar-refractivity contribution >= 4 is 17.5 Å². The van der Waals surface area contributed by atoms with Crippen LogP contribution in [0.15, 0.2) is 28.8 Å². The Morgan fingerprint density at radius 1 is 1.48 bits per heavy atom. The molecule has 0 radical (unpaired) electrons. The van der Waals surface area contributed by atoms with Crippen LogP contribution in [0.3, 0.4) is 0 Å². The van der Waals surface area contributed by atoms with E-state index in [1.165, 1.54) is 12.3 Å². The highest BCUT2D eigenvalue weighted by Gasteiger charge is 2.28. The van der Waals surface area contributed by atoms with E-state index in [0.717, 1.165) is 0 Å². The first-order valence-electron chi connectivity index (χ1n) is 6.49. The lowest BCUT2D eigenvalue weighted by Gasteiger charge is -2.23. The SMILES string of the molecule is Cc1cc(C(C)(O)CNC(=O)c2cc(Cl)ccn2)c(C)o1. The molecule has 0 aliphatic heterocycles. The van der Waals surface area contributed by atoms with Crippen molar-refractivity contribution in [1.29, 1.82) is 0 Å². The van der Waals surface area contributed by atoms with Crippen LogP contribution in [-0.4, -0.2) is 22.5 Å². The van der Waals surface area contributed by atoms with Gasteiger partial charge < -0.3 is 14.8 Å². The predicted molar refractivity (Wildman–Crippen MR) is 79.3 cm³/mol. The van der Waals surface area contributed by atoms with Crippen LogP contribution in [0.2, 0.25) is 5.02 Å². The molecular formula is C15H17ClN2O3. The Hall–Kier alpha value is -1.85. The van der Waals surface area contributed by atoms with Gasteiger partial charge in [-0.25, -0.2) is 0 Å². The summed E-state index contributed by atoms with van der Waals surface area (Å²) < 4.78 is 5.41. The average molecular weight is 309 g/mol. The summed E-state index contributed by atoms with van der Waals surface area (Å²) in [5, 5.41) is 13.6. The van der Waals surface area contributed by atoms with Gasteiger partial charge in [0.1, 0.15) is 22.8 Å². The maximum atomic E-state index is 12.0. The zero-order chi connectivity index (χ0) is 15.6. The monoisotopic (exact) mass is 308 g/mol. The van der Waals surface area contributed by atoms with E-state index < -0.39 is 11.5 Å². The summed E-state index contributed by atoms with van der Waals surface area (Å²) in [5.41, 5.74) is -0.367. The van der Waals surface area contributed by atoms with Gasteiger partial charge in [-0.15, -0.1) is 0 Å². The molecule has 2 heterocycles. The summed E-state index contributed by atoms with van der Waals surface area (Å²) in [6, 6.07) is 4.82. The molecule has 0 fully saturated rings. The number of hydrogen-bond donors (Lipinski definition) is 2. The number of furan rings is 1. The smallest absolute Gasteiger partial charge is 0.270 e. The maximum absolute atomic E-state index is 12.0. The fourth-order valence-corrected chi connectivity index (χ4v) is 2.29. The second kappa shape index (κ2) is 5.87. The molecule has 2 N–H and O–H groups in total. The van der Waals surface area contributed by atoms with Gasteiger partial charge in [-0.3, -0.25) is 9.78 Å². The second-order valence-corrected chi connectivity index (χ2v) is 5.58. The second-order valence-electron chi connectivity index (χ2n) is 5.14. The minimum absolute atomic E-state index is 0.0415. The number of amides is 1. The van der Waals surface area contributed by atoms with Gasteiger partial charge in [0.15, 0.2) is 0 Å². The lowest BCUT2D eigenvalue weighted by molar-refractivity contribution is 0.0512. The van der Waals surface area contributed by atoms with Crippen molar-refractivity contribution in [1.82, 2.24) is 10.3 Å². The van der Waals surface area contributed by atoms with E-state index in [0.29, 0.717) is 22.1 Å². The molecule has 2 aromatic heterocycles. The largest absolute Gasteiger partial charge is 0.466 e. The molecule has 0 aliphatic rings. The van der Waals surface area contributed by atoms with Crippen molar-refractivity contribution in [3.63, 3.8) is 0 Å². The van der Waals surface area contributed by atoms with Gasteiger partial charge in [-0.1, -0.05) is 11.6 Å². The Morgan fingerprint density at radius 3 is 2.76 bits per heavy atom. The first-order chi connectivity index (χ1) is 9.79. The standard InChI is InChI=1S/C15H17ClN2O3/c1-9-6-12(10(2)21-9)15(3,20)8-18-14(19)13-7-11(16)4-5-17-13/h4-7,20H,8H2,1-3H3,(H,18,19). The van der Waals surface area contributed by atoms with Gasteiger partial charge in [-0.05, 0) is 39.0 Å². The van der Waals surface area contributed by atoms with E-state index >= 15 is 0 Å². The van der Waals surface area contributed by atoms with Gasteiger partial charge in [0.2, 0.25) is 0 Å². The van der Waals surface area contributed by atoms with Crippen LogP contribution in [0.4, 0.5) is 0 Å². The molecule has 0 aliphatic carbocycles. The van der Waals surface area contributed by atoms with Crippen molar-refractivity contribution in [2.75, 3.05) is 6.54 Å². The molecule has 1 atom stereocenters. The molecule has 112 valence electrons. The average Bonchev–Trinajstić information content (AvgIpc) is 2.76. The van der Waals surface area contributed by atoms with E-state index in [4.69, 9.17) is 16.0 Å². The van der Waals surface area contributed by atoms with Crippen LogP contribution in [0.1, 0.15) is 34.5 Å². The third-order valence-corrected chi connectivity index (χ3v) is 3.40. The third-order valence-electron chi connectivity index (χ3n) is 3.17. The van der Waals surface area contributed by atoms with E-state index in [1.807, 2.05) is 0 Å². The van der Waals surface area contributed by atoms with E-state index in [2.05, 4.69) is 10.3 Å². The van der Waals surface area contributed by atoms with Crippen LogP contribution >= 0.6 is 11.6 Å². The Labute approximate surface area is 128 Å². The molecule has 0 saturated carbocycles. The molecule has 21 heavy (non-hydrogen) atoms. The Kier molecular flexibility index (Phi) is 4.34. The molecule has 2 aromatic rings. The zero-order valence-corrected chi connectivity index (χ0v) is 12.9. The molecule has 0 saturated heterocycles. The summed E-state index contributed by atoms with van der Waals surface area (Å²) in [6.07, 6.45) is 1.46. The summed E-state index contributed by atoms with van der Waals surface area (Å²) in [4.78, 5) is 15.9. The number of hydrogen-bond acceptors (Lipinski definition) is 4. The van der Waals surface area contributed by atoms with Gasteiger partial charge in [0.25, 0.3) is 5.91 Å². The van der Waals surface area contributed by atoms with Gasteiger partial charge >= 0.3 is 0 Å². The van der Waals surface area contributed by atoms with Crippen LogP contribution in [0, 0.1) is 13.8 Å². The Bertz CT molecular complexity index is 665. The van der Waals surface area contributed by atoms with Gasteiger partial charge in [0.05, 0.1) is 6.54 Å². The molecule has 6 heteroatoms. The maximum Gasteiger partial charge on any atom is 0.270 e. The van der Waals surface area contributed by atoms with Crippen molar-refractivity contribution in [2.45, 2.75) is 26.4 Å². The topological polar surface area (TPSA) is 75.4 Å². The number of rotatable bonds is 4. The number of carbonyl (C=O) groups excluding carboxylic acids is 1. The molecule has 0 aromatic carbocycles. The molecule has 1 unspecified atom stereocenters. The van der Waals surface area contributed by atoms with Crippen LogP contribution in [0.25, 0.3) is 0 Å². The number of carbonyl (C=O) groups is 1. The fraction of sp³-hybridized carbons (Fsp3) is 0.333. The first-order valence-corrected chi connectivity index (χ1v) is 6.87. The summed E-state index contributed by atoms with van der Waals surface area (Å²) in [7, 11) is 0. The highest BCUT2D eigenvalue weighted by molar-refractivity contribution is 6.30. The summed E-state index contributed by atoms with van der Waals surface area (Å²) in [5.74, 6) is 0.953. The number of nitrogens with zero attached hydrogens (tertiary/aromatic N) is 1. The molecule has 0 bridgehead atoms. The van der Waals surface area contributed by atoms with Crippen LogP contribution in [-0.2, 0) is 5.60 Å². The molecular weight excluding hydrogens is 292 g/mol. The van der Waals surface area contributed by atoms with Crippen LogP contribution in [0.5, 0.6) is 0 Å². The fourth-order valence-electron chi connectivity index (χ4n) is 2.13. The first kappa shape index (κ1) is 15.5. The number of aromatic nitrogens is 1. The highest BCUT2D eigenvalue weighted by Crippen LogP contribution is 2.26. The number of aliphatic hydroxyl groups is 1. The van der Waals surface area contributed by atoms with Crippen molar-refractivity contribution in [2.24, 2.45) is 0 Å². The Morgan fingerprint density at radius 2 is 2.19 bits per heavy atom. The predicted octanol–water partition coefficient (Wildman–Crippen LogP) is 2.58. The van der Waals surface area contributed by atoms with Gasteiger partial charge in [0, 0.05) is 16.8 Å². The number of nitrogens with one attached hydrogen (secondary N) is 1.